The van der Waals surface area contributed by atoms with Crippen molar-refractivity contribution in [1.82, 2.24) is 10.6 Å². The summed E-state index contributed by atoms with van der Waals surface area (Å²) in [6.07, 6.45) is 27.7. The highest BCUT2D eigenvalue weighted by Crippen LogP contribution is 2.17. The van der Waals surface area contributed by atoms with Crippen molar-refractivity contribution in [3.63, 3.8) is 0 Å². The Kier molecular flexibility index (Phi) is 37.0. The van der Waals surface area contributed by atoms with Crippen LogP contribution in [0.1, 0.15) is 235 Å². The van der Waals surface area contributed by atoms with Gasteiger partial charge in [-0.05, 0) is 54.4 Å². The number of carbonyl (C=O) groups excluding carboxylic acids is 5. The Morgan fingerprint density at radius 3 is 1.26 bits per heavy atom. The number of hydrogen-bond acceptors (Lipinski definition) is 10. The third kappa shape index (κ3) is 36.7. The van der Waals surface area contributed by atoms with E-state index in [0.717, 1.165) is 38.5 Å². The first-order valence-electron chi connectivity index (χ1n) is 25.0. The summed E-state index contributed by atoms with van der Waals surface area (Å²) in [7, 11) is 0. The van der Waals surface area contributed by atoms with Gasteiger partial charge in [-0.15, -0.1) is 0 Å². The Morgan fingerprint density at radius 2 is 0.839 bits per heavy atom. The van der Waals surface area contributed by atoms with Crippen molar-refractivity contribution in [3.8, 4) is 0 Å². The van der Waals surface area contributed by atoms with E-state index in [1.54, 1.807) is 27.7 Å². The Hall–Kier alpha value is -2.73. The van der Waals surface area contributed by atoms with Crippen LogP contribution in [0.15, 0.2) is 0 Å². The summed E-state index contributed by atoms with van der Waals surface area (Å²) in [5.74, 6) is -2.52. The second-order valence-corrected chi connectivity index (χ2v) is 18.4. The molecule has 2 amide bonds. The predicted molar refractivity (Wildman–Crippen MR) is 249 cm³/mol. The van der Waals surface area contributed by atoms with Crippen LogP contribution in [-0.4, -0.2) is 86.0 Å². The van der Waals surface area contributed by atoms with Gasteiger partial charge in [0.05, 0.1) is 24.0 Å². The fourth-order valence-electron chi connectivity index (χ4n) is 7.49. The van der Waals surface area contributed by atoms with Gasteiger partial charge in [0.1, 0.15) is 19.3 Å². The summed E-state index contributed by atoms with van der Waals surface area (Å²) in [5, 5.41) is 5.40. The quantitative estimate of drug-likeness (QED) is 0.0343. The molecule has 0 fully saturated rings. The maximum atomic E-state index is 13.5. The number of rotatable bonds is 43. The summed E-state index contributed by atoms with van der Waals surface area (Å²) in [6, 6.07) is -1.25. The van der Waals surface area contributed by atoms with Crippen LogP contribution in [0.2, 0.25) is 0 Å². The van der Waals surface area contributed by atoms with Gasteiger partial charge in [-0.2, -0.15) is 0 Å². The molecule has 364 valence electrons. The van der Waals surface area contributed by atoms with Crippen molar-refractivity contribution in [2.75, 3.05) is 33.0 Å². The molecule has 2 atom stereocenters. The van der Waals surface area contributed by atoms with Crippen molar-refractivity contribution < 1.29 is 47.7 Å². The van der Waals surface area contributed by atoms with Gasteiger partial charge < -0.3 is 34.3 Å². The van der Waals surface area contributed by atoms with Crippen molar-refractivity contribution >= 4 is 29.7 Å². The van der Waals surface area contributed by atoms with Gasteiger partial charge in [0.25, 0.3) is 0 Å². The number of hydrogen-bond donors (Lipinski definition) is 2. The van der Waals surface area contributed by atoms with E-state index in [9.17, 15) is 24.0 Å². The second kappa shape index (κ2) is 38.7. The average Bonchev–Trinajstić information content (AvgIpc) is 3.20. The monoisotopic (exact) mass is 883 g/mol. The van der Waals surface area contributed by atoms with E-state index in [0.29, 0.717) is 26.1 Å². The van der Waals surface area contributed by atoms with Gasteiger partial charge >= 0.3 is 17.9 Å². The van der Waals surface area contributed by atoms with Gasteiger partial charge in [-0.25, -0.2) is 4.79 Å². The zero-order valence-electron chi connectivity index (χ0n) is 41.1. The SMILES string of the molecule is CCCCCCCCCCCCCCC(=O)OCC(COC(=O)C(CNC(=O)CC(C)(C)OCC)NC(=O)CC(C)(C)OCC)OC(=O)CCCCCCCCCCCCCC. The number of ether oxygens (including phenoxy) is 5. The molecule has 0 rings (SSSR count). The van der Waals surface area contributed by atoms with Gasteiger partial charge in [0, 0.05) is 32.6 Å². The molecule has 0 radical (unpaired) electrons. The van der Waals surface area contributed by atoms with E-state index in [1.807, 2.05) is 13.8 Å². The lowest BCUT2D eigenvalue weighted by Gasteiger charge is -2.27. The van der Waals surface area contributed by atoms with Crippen molar-refractivity contribution in [3.05, 3.63) is 0 Å². The molecule has 0 aliphatic carbocycles. The Bertz CT molecular complexity index is 1160. The molecule has 12 heteroatoms. The van der Waals surface area contributed by atoms with Crippen LogP contribution < -0.4 is 10.6 Å². The first kappa shape index (κ1) is 59.3. The molecule has 2 unspecified atom stereocenters. The fraction of sp³-hybridized carbons (Fsp3) is 0.900. The largest absolute Gasteiger partial charge is 0.462 e. The molecule has 0 aliphatic rings. The molecule has 0 bridgehead atoms. The Labute approximate surface area is 378 Å². The number of esters is 3. The topological polar surface area (TPSA) is 156 Å². The van der Waals surface area contributed by atoms with Crippen LogP contribution in [0.4, 0.5) is 0 Å². The van der Waals surface area contributed by atoms with Crippen LogP contribution in [0, 0.1) is 0 Å². The van der Waals surface area contributed by atoms with E-state index in [-0.39, 0.29) is 44.7 Å². The van der Waals surface area contributed by atoms with Gasteiger partial charge in [0.2, 0.25) is 11.8 Å². The number of carbonyl (C=O) groups is 5. The van der Waals surface area contributed by atoms with E-state index in [4.69, 9.17) is 23.7 Å². The molecule has 0 aromatic carbocycles. The maximum Gasteiger partial charge on any atom is 0.330 e. The van der Waals surface area contributed by atoms with E-state index < -0.39 is 53.8 Å². The Balaban J connectivity index is 5.32. The van der Waals surface area contributed by atoms with E-state index in [1.165, 1.54) is 103 Å². The minimum Gasteiger partial charge on any atom is -0.462 e. The lowest BCUT2D eigenvalue weighted by Crippen LogP contribution is -2.51. The molecule has 0 spiro atoms. The van der Waals surface area contributed by atoms with Crippen LogP contribution >= 0.6 is 0 Å². The van der Waals surface area contributed by atoms with Crippen LogP contribution in [0.5, 0.6) is 0 Å². The molecule has 0 aromatic rings. The lowest BCUT2D eigenvalue weighted by molar-refractivity contribution is -0.167. The maximum absolute atomic E-state index is 13.5. The normalized spacial score (nSPS) is 12.7. The summed E-state index contributed by atoms with van der Waals surface area (Å²) < 4.78 is 28.2. The zero-order valence-corrected chi connectivity index (χ0v) is 41.1. The third-order valence-corrected chi connectivity index (χ3v) is 11.0. The number of nitrogens with one attached hydrogen (secondary N) is 2. The van der Waals surface area contributed by atoms with Gasteiger partial charge in [0.15, 0.2) is 6.10 Å². The number of unbranched alkanes of at least 4 members (excludes halogenated alkanes) is 22. The van der Waals surface area contributed by atoms with Crippen LogP contribution in [0.3, 0.4) is 0 Å². The minimum absolute atomic E-state index is 0.0373. The molecule has 0 heterocycles. The van der Waals surface area contributed by atoms with Crippen LogP contribution in [-0.2, 0) is 47.7 Å². The van der Waals surface area contributed by atoms with E-state index in [2.05, 4.69) is 24.5 Å². The molecule has 62 heavy (non-hydrogen) atoms. The molecule has 12 nitrogen and oxygen atoms in total. The molecule has 0 saturated heterocycles. The average molecular weight is 883 g/mol. The highest BCUT2D eigenvalue weighted by molar-refractivity contribution is 5.86. The molecular weight excluding hydrogens is 789 g/mol. The summed E-state index contributed by atoms with van der Waals surface area (Å²) in [4.78, 5) is 65.2. The molecule has 0 aromatic heterocycles. The second-order valence-electron chi connectivity index (χ2n) is 18.4. The summed E-state index contributed by atoms with van der Waals surface area (Å²) in [5.41, 5.74) is -1.52. The van der Waals surface area contributed by atoms with Gasteiger partial charge in [-0.3, -0.25) is 19.2 Å². The number of amides is 2. The van der Waals surface area contributed by atoms with Crippen LogP contribution in [0.25, 0.3) is 0 Å². The standard InChI is InChI=1S/C50H94N2O10/c1-9-13-15-17-19-21-23-25-27-29-31-33-35-46(55)58-40-42(62-47(56)36-34-32-30-28-26-24-22-20-18-16-14-10-2)41-59-48(57)43(52-45(54)38-50(7,8)61-12-4)39-51-44(53)37-49(5,6)60-11-3/h42-43H,9-41H2,1-8H3,(H,51,53)(H,52,54). The Morgan fingerprint density at radius 1 is 0.468 bits per heavy atom. The highest BCUT2D eigenvalue weighted by Gasteiger charge is 2.30. The minimum atomic E-state index is -1.25. The fourth-order valence-corrected chi connectivity index (χ4v) is 7.49. The molecule has 0 aliphatic heterocycles. The molecule has 0 saturated carbocycles. The van der Waals surface area contributed by atoms with Crippen molar-refractivity contribution in [1.29, 1.82) is 0 Å². The smallest absolute Gasteiger partial charge is 0.330 e. The summed E-state index contributed by atoms with van der Waals surface area (Å²) >= 11 is 0. The summed E-state index contributed by atoms with van der Waals surface area (Å²) in [6.45, 7) is 15.2. The lowest BCUT2D eigenvalue weighted by atomic mass is 10.0. The van der Waals surface area contributed by atoms with Crippen molar-refractivity contribution in [2.45, 2.75) is 259 Å². The molecule has 2 N–H and O–H groups in total. The first-order chi connectivity index (χ1) is 29.7. The van der Waals surface area contributed by atoms with Crippen molar-refractivity contribution in [2.24, 2.45) is 0 Å². The highest BCUT2D eigenvalue weighted by atomic mass is 16.6. The third-order valence-electron chi connectivity index (χ3n) is 11.0. The first-order valence-corrected chi connectivity index (χ1v) is 25.0. The van der Waals surface area contributed by atoms with E-state index >= 15 is 0 Å². The van der Waals surface area contributed by atoms with Gasteiger partial charge in [-0.1, -0.05) is 155 Å². The zero-order chi connectivity index (χ0) is 46.3. The molecular formula is C50H94N2O10. The predicted octanol–water partition coefficient (Wildman–Crippen LogP) is 11.2.